The van der Waals surface area contributed by atoms with E-state index in [4.69, 9.17) is 0 Å². The molecule has 2 rings (SSSR count). The lowest BCUT2D eigenvalue weighted by molar-refractivity contribution is -0.386. The van der Waals surface area contributed by atoms with E-state index < -0.39 is 19.7 Å². The van der Waals surface area contributed by atoms with Gasteiger partial charge in [0, 0.05) is 0 Å². The SMILES string of the molecule is Cc1c(Br)c([N+](=O)[O-])c(Br)c(Br)c1S(=O)(=O)c1c(C)c(Br)c([N+](=O)[O-])c(Br)c1Br. The molecule has 156 valence electrons. The molecular weight excluding hydrogens is 804 g/mol. The molecule has 8 nitrogen and oxygen atoms in total. The molecule has 15 heteroatoms. The van der Waals surface area contributed by atoms with Crippen molar-refractivity contribution in [1.82, 2.24) is 0 Å². The molecule has 0 unspecified atom stereocenters. The molecule has 0 saturated heterocycles. The fourth-order valence-corrected chi connectivity index (χ4v) is 9.91. The van der Waals surface area contributed by atoms with E-state index in [1.165, 1.54) is 13.8 Å². The zero-order valence-electron chi connectivity index (χ0n) is 14.0. The van der Waals surface area contributed by atoms with Crippen LogP contribution < -0.4 is 0 Å². The number of rotatable bonds is 4. The molecule has 0 N–H and O–H groups in total. The monoisotopic (exact) mass is 804 g/mol. The van der Waals surface area contributed by atoms with Crippen LogP contribution in [-0.4, -0.2) is 18.3 Å². The molecule has 0 aliphatic carbocycles. The maximum absolute atomic E-state index is 13.6. The first-order valence-electron chi connectivity index (χ1n) is 7.05. The highest BCUT2D eigenvalue weighted by molar-refractivity contribution is 9.13. The molecule has 29 heavy (non-hydrogen) atoms. The molecule has 0 aliphatic rings. The quantitative estimate of drug-likeness (QED) is 0.179. The summed E-state index contributed by atoms with van der Waals surface area (Å²) in [6, 6.07) is 0. The summed E-state index contributed by atoms with van der Waals surface area (Å²) in [5.74, 6) is 0. The second-order valence-electron chi connectivity index (χ2n) is 5.51. The number of halogens is 6. The molecule has 0 radical (unpaired) electrons. The Morgan fingerprint density at radius 1 is 0.621 bits per heavy atom. The van der Waals surface area contributed by atoms with Crippen LogP contribution in [0.1, 0.15) is 11.1 Å². The standard InChI is InChI=1S/C14H6Br6N2O6S/c1-3-5(15)11(21(23)24)7(17)9(19)13(3)29(27,28)14-4(2)6(16)12(22(25)26)8(18)10(14)20/h1-2H3. The van der Waals surface area contributed by atoms with Crippen LogP contribution in [0.15, 0.2) is 36.6 Å². The molecule has 0 saturated carbocycles. The van der Waals surface area contributed by atoms with Crippen LogP contribution >= 0.6 is 95.6 Å². The maximum Gasteiger partial charge on any atom is 0.299 e. The summed E-state index contributed by atoms with van der Waals surface area (Å²) >= 11 is 18.6. The Kier molecular flexibility index (Phi) is 7.78. The number of nitro benzene ring substituents is 2. The highest BCUT2D eigenvalue weighted by atomic mass is 79.9. The van der Waals surface area contributed by atoms with E-state index in [9.17, 15) is 28.6 Å². The molecule has 0 spiro atoms. The van der Waals surface area contributed by atoms with E-state index in [-0.39, 0.29) is 59.1 Å². The van der Waals surface area contributed by atoms with Gasteiger partial charge >= 0.3 is 0 Å². The van der Waals surface area contributed by atoms with Crippen LogP contribution in [0, 0.1) is 34.1 Å². The van der Waals surface area contributed by atoms with Gasteiger partial charge in [0.05, 0.1) is 28.6 Å². The fraction of sp³-hybridized carbons (Fsp3) is 0.143. The van der Waals surface area contributed by atoms with Crippen LogP contribution in [0.5, 0.6) is 0 Å². The molecule has 2 aromatic carbocycles. The molecule has 0 bridgehead atoms. The first-order chi connectivity index (χ1) is 13.2. The van der Waals surface area contributed by atoms with Gasteiger partial charge in [-0.15, -0.1) is 0 Å². The topological polar surface area (TPSA) is 120 Å². The van der Waals surface area contributed by atoms with Crippen LogP contribution in [0.2, 0.25) is 0 Å². The molecule has 0 atom stereocenters. The van der Waals surface area contributed by atoms with Crippen molar-refractivity contribution in [2.45, 2.75) is 23.6 Å². The summed E-state index contributed by atoms with van der Waals surface area (Å²) in [6.45, 7) is 2.83. The van der Waals surface area contributed by atoms with Crippen molar-refractivity contribution in [3.05, 3.63) is 58.2 Å². The Morgan fingerprint density at radius 3 is 1.14 bits per heavy atom. The Bertz CT molecular complexity index is 1070. The van der Waals surface area contributed by atoms with Crippen molar-refractivity contribution in [2.24, 2.45) is 0 Å². The third kappa shape index (κ3) is 4.12. The Morgan fingerprint density at radius 2 is 0.897 bits per heavy atom. The van der Waals surface area contributed by atoms with Crippen molar-refractivity contribution >= 4 is 117 Å². The van der Waals surface area contributed by atoms with E-state index in [0.29, 0.717) is 0 Å². The lowest BCUT2D eigenvalue weighted by Gasteiger charge is -2.18. The summed E-state index contributed by atoms with van der Waals surface area (Å²) in [6.07, 6.45) is 0. The molecule has 0 amide bonds. The van der Waals surface area contributed by atoms with Crippen LogP contribution in [0.25, 0.3) is 0 Å². The lowest BCUT2D eigenvalue weighted by atomic mass is 10.2. The van der Waals surface area contributed by atoms with Crippen molar-refractivity contribution in [1.29, 1.82) is 0 Å². The Labute approximate surface area is 214 Å². The minimum Gasteiger partial charge on any atom is -0.258 e. The summed E-state index contributed by atoms with van der Waals surface area (Å²) in [5, 5.41) is 22.7. The van der Waals surface area contributed by atoms with Gasteiger partial charge in [-0.3, -0.25) is 20.2 Å². The number of hydrogen-bond donors (Lipinski definition) is 0. The number of benzene rings is 2. The largest absolute Gasteiger partial charge is 0.299 e. The smallest absolute Gasteiger partial charge is 0.258 e. The first kappa shape index (κ1) is 25.3. The molecule has 0 heterocycles. The van der Waals surface area contributed by atoms with Gasteiger partial charge in [-0.05, 0) is 121 Å². The molecule has 2 aromatic rings. The van der Waals surface area contributed by atoms with Gasteiger partial charge in [0.2, 0.25) is 9.84 Å². The van der Waals surface area contributed by atoms with Gasteiger partial charge in [-0.2, -0.15) is 0 Å². The zero-order valence-corrected chi connectivity index (χ0v) is 24.4. The second kappa shape index (κ2) is 8.90. The van der Waals surface area contributed by atoms with Gasteiger partial charge in [0.1, 0.15) is 17.9 Å². The van der Waals surface area contributed by atoms with E-state index in [1.807, 2.05) is 0 Å². The Balaban J connectivity index is 3.04. The highest BCUT2D eigenvalue weighted by Crippen LogP contribution is 2.50. The summed E-state index contributed by atoms with van der Waals surface area (Å²) in [5.41, 5.74) is -0.474. The Hall–Kier alpha value is 0.0700. The third-order valence-corrected chi connectivity index (χ3v) is 12.6. The average molecular weight is 810 g/mol. The number of nitro groups is 2. The van der Waals surface area contributed by atoms with E-state index in [2.05, 4.69) is 95.6 Å². The van der Waals surface area contributed by atoms with Gasteiger partial charge in [-0.25, -0.2) is 8.42 Å². The highest BCUT2D eigenvalue weighted by Gasteiger charge is 2.37. The molecule has 0 aliphatic heterocycles. The lowest BCUT2D eigenvalue weighted by Crippen LogP contribution is -2.11. The average Bonchev–Trinajstić information content (AvgIpc) is 2.58. The van der Waals surface area contributed by atoms with Crippen molar-refractivity contribution in [2.75, 3.05) is 0 Å². The van der Waals surface area contributed by atoms with Crippen LogP contribution in [-0.2, 0) is 9.84 Å². The molecule has 0 aromatic heterocycles. The second-order valence-corrected chi connectivity index (χ2v) is 12.1. The normalized spacial score (nSPS) is 11.6. The minimum absolute atomic E-state index is 0.00929. The maximum atomic E-state index is 13.6. The third-order valence-electron chi connectivity index (χ3n) is 3.86. The van der Waals surface area contributed by atoms with E-state index >= 15 is 0 Å². The van der Waals surface area contributed by atoms with Crippen molar-refractivity contribution in [3.63, 3.8) is 0 Å². The fourth-order valence-electron chi connectivity index (χ4n) is 2.55. The summed E-state index contributed by atoms with van der Waals surface area (Å²) in [4.78, 5) is 21.0. The first-order valence-corrected chi connectivity index (χ1v) is 13.3. The number of hydrogen-bond acceptors (Lipinski definition) is 6. The predicted molar refractivity (Wildman–Crippen MR) is 127 cm³/mol. The summed E-state index contributed by atoms with van der Waals surface area (Å²) in [7, 11) is -4.30. The summed E-state index contributed by atoms with van der Waals surface area (Å²) < 4.78 is 27.0. The number of sulfone groups is 1. The van der Waals surface area contributed by atoms with Gasteiger partial charge in [0.15, 0.2) is 0 Å². The number of nitrogens with zero attached hydrogens (tertiary/aromatic N) is 2. The van der Waals surface area contributed by atoms with Gasteiger partial charge < -0.3 is 0 Å². The van der Waals surface area contributed by atoms with Crippen molar-refractivity contribution < 1.29 is 18.3 Å². The van der Waals surface area contributed by atoms with E-state index in [0.717, 1.165) is 0 Å². The van der Waals surface area contributed by atoms with E-state index in [1.54, 1.807) is 0 Å². The van der Waals surface area contributed by atoms with Gasteiger partial charge in [-0.1, -0.05) is 0 Å². The molecular formula is C14H6Br6N2O6S. The van der Waals surface area contributed by atoms with Gasteiger partial charge in [0.25, 0.3) is 11.4 Å². The van der Waals surface area contributed by atoms with Crippen molar-refractivity contribution in [3.8, 4) is 0 Å². The predicted octanol–water partition coefficient (Wildman–Crippen LogP) is 7.53. The minimum atomic E-state index is -4.30. The van der Waals surface area contributed by atoms with Crippen LogP contribution in [0.4, 0.5) is 11.4 Å². The zero-order chi connectivity index (χ0) is 22.6. The van der Waals surface area contributed by atoms with Crippen LogP contribution in [0.3, 0.4) is 0 Å². The molecule has 0 fully saturated rings.